The van der Waals surface area contributed by atoms with Crippen LogP contribution in [0.3, 0.4) is 0 Å². The maximum Gasteiger partial charge on any atom is 0.447 e. The first kappa shape index (κ1) is 14.0. The van der Waals surface area contributed by atoms with Gasteiger partial charge in [-0.25, -0.2) is 4.98 Å². The molecule has 0 aromatic carbocycles. The summed E-state index contributed by atoms with van der Waals surface area (Å²) in [4.78, 5) is 3.95. The van der Waals surface area contributed by atoms with Gasteiger partial charge in [-0.05, 0) is 28.1 Å². The van der Waals surface area contributed by atoms with E-state index in [2.05, 4.69) is 26.1 Å². The highest BCUT2D eigenvalue weighted by Gasteiger charge is 2.34. The Hall–Kier alpha value is -1.42. The standard InChI is InChI=1S/C9H6BrF3N4OS/c10-4-2-1-3-17-7(4)15-5(6(14)16-18)8(17)19-9(11,12)13/h1-3,18H,(H2,14,16). The number of aromatic nitrogens is 2. The number of fused-ring (bicyclic) bond motifs is 1. The van der Waals surface area contributed by atoms with Gasteiger partial charge in [0.2, 0.25) is 0 Å². The first-order valence-corrected chi connectivity index (χ1v) is 6.34. The van der Waals surface area contributed by atoms with E-state index in [-0.39, 0.29) is 28.1 Å². The van der Waals surface area contributed by atoms with E-state index in [0.29, 0.717) is 4.47 Å². The van der Waals surface area contributed by atoms with E-state index in [1.54, 1.807) is 12.1 Å². The summed E-state index contributed by atoms with van der Waals surface area (Å²) in [6.07, 6.45) is 1.41. The Morgan fingerprint density at radius 3 is 2.79 bits per heavy atom. The number of oxime groups is 1. The van der Waals surface area contributed by atoms with Crippen molar-refractivity contribution in [3.63, 3.8) is 0 Å². The third-order valence-corrected chi connectivity index (χ3v) is 3.56. The van der Waals surface area contributed by atoms with Crippen LogP contribution in [0.2, 0.25) is 0 Å². The molecule has 0 spiro atoms. The summed E-state index contributed by atoms with van der Waals surface area (Å²) in [7, 11) is 0. The second-order valence-electron chi connectivity index (χ2n) is 3.35. The zero-order valence-corrected chi connectivity index (χ0v) is 11.4. The van der Waals surface area contributed by atoms with Gasteiger partial charge in [-0.1, -0.05) is 5.16 Å². The number of pyridine rings is 1. The van der Waals surface area contributed by atoms with Crippen LogP contribution in [-0.2, 0) is 0 Å². The molecule has 0 bridgehead atoms. The predicted molar refractivity (Wildman–Crippen MR) is 67.3 cm³/mol. The predicted octanol–water partition coefficient (Wildman–Crippen LogP) is 2.80. The fraction of sp³-hybridized carbons (Fsp3) is 0.111. The lowest BCUT2D eigenvalue weighted by Gasteiger charge is -2.06. The monoisotopic (exact) mass is 354 g/mol. The van der Waals surface area contributed by atoms with Gasteiger partial charge in [0.25, 0.3) is 0 Å². The molecule has 3 N–H and O–H groups in total. The molecule has 0 aliphatic heterocycles. The van der Waals surface area contributed by atoms with Crippen LogP contribution in [0.25, 0.3) is 5.65 Å². The van der Waals surface area contributed by atoms with Gasteiger partial charge in [-0.3, -0.25) is 4.40 Å². The number of imidazole rings is 1. The molecule has 0 aliphatic rings. The number of rotatable bonds is 2. The Morgan fingerprint density at radius 2 is 2.21 bits per heavy atom. The van der Waals surface area contributed by atoms with Crippen molar-refractivity contribution in [2.24, 2.45) is 10.9 Å². The van der Waals surface area contributed by atoms with Crippen molar-refractivity contribution in [2.75, 3.05) is 0 Å². The third kappa shape index (κ3) is 2.78. The topological polar surface area (TPSA) is 75.9 Å². The highest BCUT2D eigenvalue weighted by Crippen LogP contribution is 2.39. The van der Waals surface area contributed by atoms with Crippen molar-refractivity contribution >= 4 is 39.2 Å². The summed E-state index contributed by atoms with van der Waals surface area (Å²) in [5.74, 6) is -0.484. The lowest BCUT2D eigenvalue weighted by molar-refractivity contribution is -0.0329. The first-order valence-electron chi connectivity index (χ1n) is 4.73. The normalized spacial score (nSPS) is 13.2. The number of halogens is 4. The summed E-state index contributed by atoms with van der Waals surface area (Å²) in [6.45, 7) is 0. The SMILES string of the molecule is NC(=NO)c1nc2c(Br)cccn2c1SC(F)(F)F. The molecule has 0 fully saturated rings. The Bertz CT molecular complexity index is 655. The average Bonchev–Trinajstić information content (AvgIpc) is 2.67. The molecular formula is C9H6BrF3N4OS. The maximum atomic E-state index is 12.6. The lowest BCUT2D eigenvalue weighted by atomic mass is 10.4. The molecule has 0 amide bonds. The van der Waals surface area contributed by atoms with E-state index >= 15 is 0 Å². The van der Waals surface area contributed by atoms with E-state index in [9.17, 15) is 13.2 Å². The molecule has 19 heavy (non-hydrogen) atoms. The number of amidine groups is 1. The molecule has 0 aliphatic carbocycles. The molecule has 0 radical (unpaired) electrons. The number of hydrogen-bond donors (Lipinski definition) is 2. The maximum absolute atomic E-state index is 12.6. The van der Waals surface area contributed by atoms with Crippen molar-refractivity contribution in [1.82, 2.24) is 9.38 Å². The Kier molecular flexibility index (Phi) is 3.63. The quantitative estimate of drug-likeness (QED) is 0.286. The molecule has 0 atom stereocenters. The number of nitrogens with two attached hydrogens (primary N) is 1. The summed E-state index contributed by atoms with van der Waals surface area (Å²) in [5, 5.41) is 11.0. The van der Waals surface area contributed by atoms with E-state index in [4.69, 9.17) is 10.9 Å². The van der Waals surface area contributed by atoms with Gasteiger partial charge in [0.05, 0.1) is 4.47 Å². The highest BCUT2D eigenvalue weighted by atomic mass is 79.9. The van der Waals surface area contributed by atoms with Gasteiger partial charge in [0.15, 0.2) is 11.5 Å². The van der Waals surface area contributed by atoms with E-state index < -0.39 is 11.3 Å². The fourth-order valence-corrected chi connectivity index (χ4v) is 2.58. The molecule has 2 aromatic rings. The molecule has 102 valence electrons. The summed E-state index contributed by atoms with van der Waals surface area (Å²) >= 11 is 2.80. The van der Waals surface area contributed by atoms with Gasteiger partial charge >= 0.3 is 5.51 Å². The molecule has 5 nitrogen and oxygen atoms in total. The molecule has 2 aromatic heterocycles. The largest absolute Gasteiger partial charge is 0.447 e. The first-order chi connectivity index (χ1) is 8.83. The third-order valence-electron chi connectivity index (χ3n) is 2.12. The van der Waals surface area contributed by atoms with Crippen LogP contribution in [0.5, 0.6) is 0 Å². The van der Waals surface area contributed by atoms with Crippen LogP contribution in [0, 0.1) is 0 Å². The van der Waals surface area contributed by atoms with Gasteiger partial charge in [0.1, 0.15) is 10.7 Å². The van der Waals surface area contributed by atoms with Crippen molar-refractivity contribution in [2.45, 2.75) is 10.5 Å². The Morgan fingerprint density at radius 1 is 1.53 bits per heavy atom. The number of nitrogens with zero attached hydrogens (tertiary/aromatic N) is 3. The van der Waals surface area contributed by atoms with Gasteiger partial charge < -0.3 is 10.9 Å². The van der Waals surface area contributed by atoms with Crippen LogP contribution < -0.4 is 5.73 Å². The average molecular weight is 355 g/mol. The van der Waals surface area contributed by atoms with Crippen LogP contribution in [0.4, 0.5) is 13.2 Å². The van der Waals surface area contributed by atoms with Crippen LogP contribution >= 0.6 is 27.7 Å². The highest BCUT2D eigenvalue weighted by molar-refractivity contribution is 9.10. The van der Waals surface area contributed by atoms with Crippen molar-refractivity contribution in [3.05, 3.63) is 28.5 Å². The van der Waals surface area contributed by atoms with Crippen LogP contribution in [-0.4, -0.2) is 25.9 Å². The molecule has 0 saturated heterocycles. The van der Waals surface area contributed by atoms with Crippen LogP contribution in [0.1, 0.15) is 5.69 Å². The fourth-order valence-electron chi connectivity index (χ4n) is 1.43. The van der Waals surface area contributed by atoms with E-state index in [1.807, 2.05) is 0 Å². The molecule has 10 heteroatoms. The smallest absolute Gasteiger partial charge is 0.409 e. The number of thioether (sulfide) groups is 1. The van der Waals surface area contributed by atoms with Gasteiger partial charge in [-0.15, -0.1) is 0 Å². The number of alkyl halides is 3. The summed E-state index contributed by atoms with van der Waals surface area (Å²) in [5.41, 5.74) is 0.866. The van der Waals surface area contributed by atoms with E-state index in [0.717, 1.165) is 0 Å². The van der Waals surface area contributed by atoms with E-state index in [1.165, 1.54) is 10.6 Å². The molecule has 0 saturated carbocycles. The second kappa shape index (κ2) is 4.93. The summed E-state index contributed by atoms with van der Waals surface area (Å²) in [6, 6.07) is 3.18. The Labute approximate surface area is 117 Å². The molecule has 2 rings (SSSR count). The zero-order valence-electron chi connectivity index (χ0n) is 9.02. The minimum absolute atomic E-state index is 0.225. The van der Waals surface area contributed by atoms with Crippen LogP contribution in [0.15, 0.2) is 33.0 Å². The summed E-state index contributed by atoms with van der Waals surface area (Å²) < 4.78 is 39.4. The minimum atomic E-state index is -4.51. The van der Waals surface area contributed by atoms with Gasteiger partial charge in [-0.2, -0.15) is 13.2 Å². The lowest BCUT2D eigenvalue weighted by Crippen LogP contribution is -2.15. The minimum Gasteiger partial charge on any atom is -0.409 e. The van der Waals surface area contributed by atoms with Crippen molar-refractivity contribution < 1.29 is 18.4 Å². The second-order valence-corrected chi connectivity index (χ2v) is 5.26. The Balaban J connectivity index is 2.73. The van der Waals surface area contributed by atoms with Crippen molar-refractivity contribution in [1.29, 1.82) is 0 Å². The molecule has 2 heterocycles. The number of hydrogen-bond acceptors (Lipinski definition) is 4. The molecule has 0 unspecified atom stereocenters. The van der Waals surface area contributed by atoms with Crippen molar-refractivity contribution in [3.8, 4) is 0 Å². The zero-order chi connectivity index (χ0) is 14.2. The van der Waals surface area contributed by atoms with Gasteiger partial charge in [0, 0.05) is 18.0 Å². The molecular weight excluding hydrogens is 349 g/mol.